The summed E-state index contributed by atoms with van der Waals surface area (Å²) >= 11 is 11.8. The molecule has 21 heavy (non-hydrogen) atoms. The van der Waals surface area contributed by atoms with Crippen LogP contribution in [0.25, 0.3) is 0 Å². The highest BCUT2D eigenvalue weighted by Gasteiger charge is 2.15. The third kappa shape index (κ3) is 3.80. The summed E-state index contributed by atoms with van der Waals surface area (Å²) in [7, 11) is 0. The normalized spacial score (nSPS) is 10.2. The Labute approximate surface area is 132 Å². The summed E-state index contributed by atoms with van der Waals surface area (Å²) in [5, 5.41) is 0.786. The molecule has 2 aromatic carbocycles. The van der Waals surface area contributed by atoms with Gasteiger partial charge in [-0.15, -0.1) is 0 Å². The molecule has 0 heterocycles. The second-order valence-corrected chi connectivity index (χ2v) is 4.97. The number of ether oxygens (including phenoxy) is 2. The van der Waals surface area contributed by atoms with Crippen LogP contribution in [-0.4, -0.2) is 12.6 Å². The summed E-state index contributed by atoms with van der Waals surface area (Å²) < 4.78 is 10.7. The van der Waals surface area contributed by atoms with E-state index in [1.54, 1.807) is 37.3 Å². The number of carbonyl (C=O) groups excluding carboxylic acids is 1. The van der Waals surface area contributed by atoms with E-state index in [2.05, 4.69) is 0 Å². The number of rotatable bonds is 4. The molecule has 0 saturated heterocycles. The fourth-order valence-electron chi connectivity index (χ4n) is 1.67. The van der Waals surface area contributed by atoms with E-state index in [4.69, 9.17) is 38.4 Å². The van der Waals surface area contributed by atoms with E-state index < -0.39 is 5.97 Å². The third-order valence-electron chi connectivity index (χ3n) is 2.62. The first-order chi connectivity index (χ1) is 10.0. The number of hydrogen-bond donors (Lipinski definition) is 1. The molecule has 2 rings (SSSR count). The summed E-state index contributed by atoms with van der Waals surface area (Å²) in [4.78, 5) is 11.9. The van der Waals surface area contributed by atoms with Crippen LogP contribution >= 0.6 is 23.2 Å². The Morgan fingerprint density at radius 1 is 1.14 bits per heavy atom. The van der Waals surface area contributed by atoms with Crippen LogP contribution in [0.5, 0.6) is 11.5 Å². The molecule has 4 nitrogen and oxygen atoms in total. The summed E-state index contributed by atoms with van der Waals surface area (Å²) in [5.74, 6) is 0.292. The van der Waals surface area contributed by atoms with Crippen molar-refractivity contribution in [1.29, 1.82) is 0 Å². The molecule has 0 aliphatic rings. The van der Waals surface area contributed by atoms with E-state index in [-0.39, 0.29) is 12.2 Å². The molecule has 0 aliphatic carbocycles. The minimum Gasteiger partial charge on any atom is -0.462 e. The lowest BCUT2D eigenvalue weighted by Gasteiger charge is -2.11. The summed E-state index contributed by atoms with van der Waals surface area (Å²) in [6.07, 6.45) is 0. The second kappa shape index (κ2) is 6.70. The molecule has 0 fully saturated rings. The minimum absolute atomic E-state index is 0.253. The molecule has 2 aromatic rings. The van der Waals surface area contributed by atoms with Gasteiger partial charge in [-0.05, 0) is 37.3 Å². The van der Waals surface area contributed by atoms with Gasteiger partial charge >= 0.3 is 5.97 Å². The molecular formula is C15H13Cl2NO3. The highest BCUT2D eigenvalue weighted by atomic mass is 35.5. The Bertz CT molecular complexity index is 674. The molecule has 0 atom stereocenters. The molecule has 0 bridgehead atoms. The SMILES string of the molecule is CCOC(=O)c1cc(N)ccc1Oc1ccc(Cl)c(Cl)c1. The van der Waals surface area contributed by atoms with Crippen molar-refractivity contribution in [2.45, 2.75) is 6.92 Å². The molecule has 110 valence electrons. The maximum absolute atomic E-state index is 11.9. The number of halogens is 2. The van der Waals surface area contributed by atoms with Crippen molar-refractivity contribution in [2.75, 3.05) is 12.3 Å². The zero-order chi connectivity index (χ0) is 15.4. The zero-order valence-corrected chi connectivity index (χ0v) is 12.7. The Kier molecular flexibility index (Phi) is 4.94. The maximum atomic E-state index is 11.9. The van der Waals surface area contributed by atoms with Gasteiger partial charge in [0.15, 0.2) is 0 Å². The summed E-state index contributed by atoms with van der Waals surface area (Å²) in [5.41, 5.74) is 6.39. The van der Waals surface area contributed by atoms with Crippen LogP contribution in [0.2, 0.25) is 10.0 Å². The van der Waals surface area contributed by atoms with Crippen molar-refractivity contribution in [3.8, 4) is 11.5 Å². The van der Waals surface area contributed by atoms with E-state index in [0.29, 0.717) is 27.2 Å². The topological polar surface area (TPSA) is 61.5 Å². The lowest BCUT2D eigenvalue weighted by atomic mass is 10.2. The predicted octanol–water partition coefficient (Wildman–Crippen LogP) is 4.54. The number of carbonyl (C=O) groups is 1. The van der Waals surface area contributed by atoms with Gasteiger partial charge in [0.05, 0.1) is 16.7 Å². The first kappa shape index (κ1) is 15.5. The van der Waals surface area contributed by atoms with E-state index in [1.165, 1.54) is 6.07 Å². The average Bonchev–Trinajstić information content (AvgIpc) is 2.45. The van der Waals surface area contributed by atoms with Crippen molar-refractivity contribution in [3.63, 3.8) is 0 Å². The number of anilines is 1. The lowest BCUT2D eigenvalue weighted by Crippen LogP contribution is -2.07. The fourth-order valence-corrected chi connectivity index (χ4v) is 1.96. The number of hydrogen-bond acceptors (Lipinski definition) is 4. The molecular weight excluding hydrogens is 313 g/mol. The monoisotopic (exact) mass is 325 g/mol. The molecule has 0 radical (unpaired) electrons. The standard InChI is InChI=1S/C15H13Cl2NO3/c1-2-20-15(19)11-7-9(18)3-6-14(11)21-10-4-5-12(16)13(17)8-10/h3-8H,2,18H2,1H3. The molecule has 0 amide bonds. The Morgan fingerprint density at radius 2 is 1.90 bits per heavy atom. The van der Waals surface area contributed by atoms with Gasteiger partial charge in [0, 0.05) is 11.8 Å². The van der Waals surface area contributed by atoms with Crippen molar-refractivity contribution in [3.05, 3.63) is 52.0 Å². The van der Waals surface area contributed by atoms with Gasteiger partial charge in [-0.25, -0.2) is 4.79 Å². The highest BCUT2D eigenvalue weighted by molar-refractivity contribution is 6.42. The Hall–Kier alpha value is -1.91. The maximum Gasteiger partial charge on any atom is 0.342 e. The fraction of sp³-hybridized carbons (Fsp3) is 0.133. The van der Waals surface area contributed by atoms with Crippen molar-refractivity contribution >= 4 is 34.9 Å². The van der Waals surface area contributed by atoms with E-state index in [0.717, 1.165) is 0 Å². The van der Waals surface area contributed by atoms with Gasteiger partial charge in [-0.2, -0.15) is 0 Å². The van der Waals surface area contributed by atoms with Crippen LogP contribution in [0, 0.1) is 0 Å². The van der Waals surface area contributed by atoms with Gasteiger partial charge in [0.25, 0.3) is 0 Å². The first-order valence-corrected chi connectivity index (χ1v) is 6.96. The Balaban J connectivity index is 2.34. The lowest BCUT2D eigenvalue weighted by molar-refractivity contribution is 0.0523. The van der Waals surface area contributed by atoms with Crippen LogP contribution < -0.4 is 10.5 Å². The average molecular weight is 326 g/mol. The highest BCUT2D eigenvalue weighted by Crippen LogP contribution is 2.32. The van der Waals surface area contributed by atoms with Gasteiger partial charge in [0.2, 0.25) is 0 Å². The zero-order valence-electron chi connectivity index (χ0n) is 11.2. The molecule has 0 aliphatic heterocycles. The molecule has 0 saturated carbocycles. The van der Waals surface area contributed by atoms with Crippen LogP contribution in [0.4, 0.5) is 5.69 Å². The Morgan fingerprint density at radius 3 is 2.57 bits per heavy atom. The second-order valence-electron chi connectivity index (χ2n) is 4.15. The van der Waals surface area contributed by atoms with E-state index in [1.807, 2.05) is 0 Å². The van der Waals surface area contributed by atoms with Crippen LogP contribution in [0.3, 0.4) is 0 Å². The molecule has 0 unspecified atom stereocenters. The smallest absolute Gasteiger partial charge is 0.342 e. The van der Waals surface area contributed by atoms with Crippen molar-refractivity contribution in [1.82, 2.24) is 0 Å². The number of nitrogens with two attached hydrogens (primary N) is 1. The molecule has 6 heteroatoms. The largest absolute Gasteiger partial charge is 0.462 e. The summed E-state index contributed by atoms with van der Waals surface area (Å²) in [6.45, 7) is 1.99. The van der Waals surface area contributed by atoms with Crippen LogP contribution in [0.1, 0.15) is 17.3 Å². The van der Waals surface area contributed by atoms with Crippen LogP contribution in [-0.2, 0) is 4.74 Å². The van der Waals surface area contributed by atoms with E-state index in [9.17, 15) is 4.79 Å². The van der Waals surface area contributed by atoms with Crippen molar-refractivity contribution in [2.24, 2.45) is 0 Å². The van der Waals surface area contributed by atoms with Gasteiger partial charge < -0.3 is 15.2 Å². The minimum atomic E-state index is -0.500. The van der Waals surface area contributed by atoms with Gasteiger partial charge in [0.1, 0.15) is 17.1 Å². The number of esters is 1. The third-order valence-corrected chi connectivity index (χ3v) is 3.36. The molecule has 2 N–H and O–H groups in total. The van der Waals surface area contributed by atoms with Gasteiger partial charge in [-0.3, -0.25) is 0 Å². The molecule has 0 aromatic heterocycles. The van der Waals surface area contributed by atoms with Crippen molar-refractivity contribution < 1.29 is 14.3 Å². The summed E-state index contributed by atoms with van der Waals surface area (Å²) in [6, 6.07) is 9.57. The quantitative estimate of drug-likeness (QED) is 0.662. The van der Waals surface area contributed by atoms with Gasteiger partial charge in [-0.1, -0.05) is 23.2 Å². The van der Waals surface area contributed by atoms with E-state index >= 15 is 0 Å². The predicted molar refractivity (Wildman–Crippen MR) is 83.3 cm³/mol. The first-order valence-electron chi connectivity index (χ1n) is 6.20. The number of benzene rings is 2. The number of nitrogen functional groups attached to an aromatic ring is 1. The van der Waals surface area contributed by atoms with Crippen LogP contribution in [0.15, 0.2) is 36.4 Å². The molecule has 0 spiro atoms.